The Hall–Kier alpha value is -3.22. The summed E-state index contributed by atoms with van der Waals surface area (Å²) in [6.07, 6.45) is 23.3. The zero-order valence-corrected chi connectivity index (χ0v) is 35.8. The van der Waals surface area contributed by atoms with Crippen molar-refractivity contribution in [3.8, 4) is 23.0 Å². The van der Waals surface area contributed by atoms with Gasteiger partial charge in [0.1, 0.15) is 11.5 Å². The van der Waals surface area contributed by atoms with Gasteiger partial charge in [0.15, 0.2) is 11.5 Å². The molecule has 0 atom stereocenters. The third-order valence-corrected chi connectivity index (χ3v) is 11.1. The van der Waals surface area contributed by atoms with E-state index in [0.717, 1.165) is 164 Å². The highest BCUT2D eigenvalue weighted by molar-refractivity contribution is 6.26. The van der Waals surface area contributed by atoms with Crippen molar-refractivity contribution >= 4 is 32.3 Å². The van der Waals surface area contributed by atoms with Crippen LogP contribution in [0.25, 0.3) is 32.3 Å². The van der Waals surface area contributed by atoms with E-state index in [1.165, 1.54) is 43.4 Å². The monoisotopic (exact) mass is 773 g/mol. The van der Waals surface area contributed by atoms with Crippen LogP contribution in [0, 0.1) is 0 Å². The fraction of sp³-hybridized carbons (Fsp3) is 0.640. The van der Waals surface area contributed by atoms with Crippen molar-refractivity contribution in [3.63, 3.8) is 0 Å². The number of unbranched alkanes of at least 4 members (excludes halogenated alkanes) is 14. The summed E-state index contributed by atoms with van der Waals surface area (Å²) in [7, 11) is 0. The lowest BCUT2D eigenvalue weighted by molar-refractivity contribution is 0.260. The maximum Gasteiger partial charge on any atom is 0.161 e. The van der Waals surface area contributed by atoms with Gasteiger partial charge in [-0.1, -0.05) is 105 Å². The molecule has 6 heteroatoms. The lowest BCUT2D eigenvalue weighted by Crippen LogP contribution is -2.04. The first-order valence-electron chi connectivity index (χ1n) is 22.9. The van der Waals surface area contributed by atoms with Crippen LogP contribution in [0.5, 0.6) is 23.0 Å². The molecule has 4 aromatic rings. The number of rotatable bonds is 32. The first-order chi connectivity index (χ1) is 27.6. The molecule has 0 saturated carbocycles. The molecule has 0 aliphatic heterocycles. The summed E-state index contributed by atoms with van der Waals surface area (Å²) >= 11 is 0. The molecule has 312 valence electrons. The second-order valence-corrected chi connectivity index (χ2v) is 15.9. The largest absolute Gasteiger partial charge is 0.493 e. The number of aliphatic hydroxyl groups excluding tert-OH is 2. The van der Waals surface area contributed by atoms with Crippen LogP contribution in [-0.4, -0.2) is 49.9 Å². The van der Waals surface area contributed by atoms with Crippen molar-refractivity contribution in [1.29, 1.82) is 0 Å². The minimum atomic E-state index is 0.254. The molecule has 0 radical (unpaired) electrons. The predicted molar refractivity (Wildman–Crippen MR) is 238 cm³/mol. The molecule has 0 spiro atoms. The van der Waals surface area contributed by atoms with Gasteiger partial charge in [-0.15, -0.1) is 0 Å². The van der Waals surface area contributed by atoms with E-state index in [9.17, 15) is 10.2 Å². The summed E-state index contributed by atoms with van der Waals surface area (Å²) in [6, 6.07) is 14.0. The van der Waals surface area contributed by atoms with Crippen LogP contribution in [-0.2, 0) is 12.8 Å². The molecule has 0 saturated heterocycles. The third-order valence-electron chi connectivity index (χ3n) is 11.1. The molecule has 0 fully saturated rings. The first-order valence-corrected chi connectivity index (χ1v) is 22.9. The number of aliphatic hydroxyl groups is 2. The Morgan fingerprint density at radius 2 is 0.607 bits per heavy atom. The molecule has 0 heterocycles. The quantitative estimate of drug-likeness (QED) is 0.0380. The number of fused-ring (bicyclic) bond motifs is 6. The second kappa shape index (κ2) is 26.7. The summed E-state index contributed by atoms with van der Waals surface area (Å²) in [5.74, 6) is 3.63. The number of hydrogen-bond donors (Lipinski definition) is 2. The Kier molecular flexibility index (Phi) is 21.6. The molecule has 56 heavy (non-hydrogen) atoms. The highest BCUT2D eigenvalue weighted by Crippen LogP contribution is 2.45. The second-order valence-electron chi connectivity index (χ2n) is 15.9. The average Bonchev–Trinajstić information content (AvgIpc) is 3.21. The molecule has 0 unspecified atom stereocenters. The lowest BCUT2D eigenvalue weighted by Gasteiger charge is -2.21. The number of hydrogen-bond acceptors (Lipinski definition) is 6. The molecule has 0 bridgehead atoms. The number of aryl methyl sites for hydroxylation is 2. The smallest absolute Gasteiger partial charge is 0.161 e. The highest BCUT2D eigenvalue weighted by atomic mass is 16.5. The van der Waals surface area contributed by atoms with Crippen molar-refractivity contribution in [2.75, 3.05) is 39.6 Å². The van der Waals surface area contributed by atoms with E-state index >= 15 is 0 Å². The van der Waals surface area contributed by atoms with Gasteiger partial charge >= 0.3 is 0 Å². The summed E-state index contributed by atoms with van der Waals surface area (Å²) in [4.78, 5) is 0. The first kappa shape index (κ1) is 45.5. The number of benzene rings is 4. The third kappa shape index (κ3) is 14.0. The van der Waals surface area contributed by atoms with E-state index in [1.54, 1.807) is 0 Å². The molecule has 4 aromatic carbocycles. The fourth-order valence-corrected chi connectivity index (χ4v) is 7.73. The Labute approximate surface area is 339 Å². The van der Waals surface area contributed by atoms with E-state index in [-0.39, 0.29) is 13.2 Å². The van der Waals surface area contributed by atoms with Crippen molar-refractivity contribution in [3.05, 3.63) is 47.5 Å². The summed E-state index contributed by atoms with van der Waals surface area (Å²) in [6.45, 7) is 12.2. The SMILES string of the molecule is CCCCCOc1cc2c(cc1CCCCCCO)c1cc(OCCCCC)c(OCCCCC)cc1c1cc(CCCCCCO)c(OCCCCC)cc12. The Balaban J connectivity index is 1.98. The van der Waals surface area contributed by atoms with Gasteiger partial charge in [0.2, 0.25) is 0 Å². The molecule has 0 aromatic heterocycles. The Morgan fingerprint density at radius 3 is 0.929 bits per heavy atom. The van der Waals surface area contributed by atoms with Crippen LogP contribution in [0.15, 0.2) is 36.4 Å². The minimum absolute atomic E-state index is 0.254. The van der Waals surface area contributed by atoms with Crippen LogP contribution >= 0.6 is 0 Å². The molecule has 4 rings (SSSR count). The molecule has 0 aliphatic carbocycles. The Bertz CT molecular complexity index is 1550. The van der Waals surface area contributed by atoms with Gasteiger partial charge in [-0.05, 0) is 144 Å². The van der Waals surface area contributed by atoms with Crippen LogP contribution in [0.3, 0.4) is 0 Å². The van der Waals surface area contributed by atoms with Gasteiger partial charge in [-0.3, -0.25) is 0 Å². The highest BCUT2D eigenvalue weighted by Gasteiger charge is 2.20. The van der Waals surface area contributed by atoms with Crippen LogP contribution in [0.2, 0.25) is 0 Å². The van der Waals surface area contributed by atoms with Crippen LogP contribution < -0.4 is 18.9 Å². The predicted octanol–water partition coefficient (Wildman–Crippen LogP) is 13.6. The van der Waals surface area contributed by atoms with Crippen LogP contribution in [0.1, 0.15) is 167 Å². The Morgan fingerprint density at radius 1 is 0.321 bits per heavy atom. The normalized spacial score (nSPS) is 11.6. The lowest BCUT2D eigenvalue weighted by atomic mass is 9.89. The van der Waals surface area contributed by atoms with Gasteiger partial charge in [-0.2, -0.15) is 0 Å². The van der Waals surface area contributed by atoms with E-state index in [4.69, 9.17) is 18.9 Å². The van der Waals surface area contributed by atoms with Crippen molar-refractivity contribution in [2.24, 2.45) is 0 Å². The van der Waals surface area contributed by atoms with Gasteiger partial charge in [0.25, 0.3) is 0 Å². The average molecular weight is 773 g/mol. The molecule has 0 aliphatic rings. The maximum atomic E-state index is 9.39. The van der Waals surface area contributed by atoms with E-state index in [2.05, 4.69) is 64.1 Å². The van der Waals surface area contributed by atoms with Crippen molar-refractivity contribution < 1.29 is 29.2 Å². The zero-order valence-electron chi connectivity index (χ0n) is 35.8. The summed E-state index contributed by atoms with van der Waals surface area (Å²) < 4.78 is 26.5. The molecular weight excluding hydrogens is 697 g/mol. The summed E-state index contributed by atoms with van der Waals surface area (Å²) in [5.41, 5.74) is 2.50. The van der Waals surface area contributed by atoms with Gasteiger partial charge < -0.3 is 29.2 Å². The van der Waals surface area contributed by atoms with E-state index in [0.29, 0.717) is 26.4 Å². The fourth-order valence-electron chi connectivity index (χ4n) is 7.73. The van der Waals surface area contributed by atoms with Crippen molar-refractivity contribution in [2.45, 2.75) is 169 Å². The van der Waals surface area contributed by atoms with Crippen LogP contribution in [0.4, 0.5) is 0 Å². The maximum absolute atomic E-state index is 9.39. The van der Waals surface area contributed by atoms with E-state index in [1.807, 2.05) is 0 Å². The standard InChI is InChI=1S/C50H76O6/c1-5-9-21-29-53-47-35-43-41(33-39(47)25-17-13-15-19-27-51)45-37-49(55-31-23-11-7-3)50(56-32-24-12-8-4)38-46(45)42-34-40(26-18-14-16-20-28-52)48(36-44(42)43)54-30-22-10-6-2/h33-38,51-52H,5-32H2,1-4H3. The molecule has 6 nitrogen and oxygen atoms in total. The molecule has 0 amide bonds. The van der Waals surface area contributed by atoms with Crippen molar-refractivity contribution in [1.82, 2.24) is 0 Å². The van der Waals surface area contributed by atoms with Gasteiger partial charge in [-0.25, -0.2) is 0 Å². The van der Waals surface area contributed by atoms with Gasteiger partial charge in [0.05, 0.1) is 26.4 Å². The van der Waals surface area contributed by atoms with Gasteiger partial charge in [0, 0.05) is 13.2 Å². The topological polar surface area (TPSA) is 77.4 Å². The summed E-state index contributed by atoms with van der Waals surface area (Å²) in [5, 5.41) is 25.9. The molecular formula is C50H76O6. The zero-order chi connectivity index (χ0) is 39.8. The number of ether oxygens (including phenoxy) is 4. The van der Waals surface area contributed by atoms with E-state index < -0.39 is 0 Å². The minimum Gasteiger partial charge on any atom is -0.493 e. The molecule has 2 N–H and O–H groups in total.